The SMILES string of the molecule is Cc1cccc(Oc2c(C)cccc2C(=O)CC(=O)O)c1. The molecule has 2 aromatic carbocycles. The minimum absolute atomic E-state index is 0.291. The smallest absolute Gasteiger partial charge is 0.311 e. The number of aryl methyl sites for hydroxylation is 2. The van der Waals surface area contributed by atoms with Crippen LogP contribution in [0.4, 0.5) is 0 Å². The van der Waals surface area contributed by atoms with Crippen LogP contribution in [0.1, 0.15) is 27.9 Å². The summed E-state index contributed by atoms with van der Waals surface area (Å²) in [7, 11) is 0. The lowest BCUT2D eigenvalue weighted by molar-refractivity contribution is -0.135. The van der Waals surface area contributed by atoms with Crippen LogP contribution in [0.25, 0.3) is 0 Å². The summed E-state index contributed by atoms with van der Waals surface area (Å²) in [6.45, 7) is 3.77. The van der Waals surface area contributed by atoms with E-state index >= 15 is 0 Å². The zero-order chi connectivity index (χ0) is 15.4. The highest BCUT2D eigenvalue weighted by Crippen LogP contribution is 2.30. The van der Waals surface area contributed by atoms with E-state index in [1.165, 1.54) is 0 Å². The number of Topliss-reactive ketones (excluding diaryl/α,β-unsaturated/α-hetero) is 1. The van der Waals surface area contributed by atoms with Gasteiger partial charge >= 0.3 is 5.97 Å². The Balaban J connectivity index is 2.38. The van der Waals surface area contributed by atoms with Gasteiger partial charge in [0.15, 0.2) is 5.78 Å². The van der Waals surface area contributed by atoms with Gasteiger partial charge in [-0.1, -0.05) is 24.3 Å². The molecule has 0 radical (unpaired) electrons. The molecule has 0 atom stereocenters. The second-order valence-electron chi connectivity index (χ2n) is 4.86. The first-order valence-electron chi connectivity index (χ1n) is 6.56. The third-order valence-electron chi connectivity index (χ3n) is 3.03. The molecule has 0 unspecified atom stereocenters. The van der Waals surface area contributed by atoms with Gasteiger partial charge in [-0.05, 0) is 43.2 Å². The number of carboxylic acid groups (broad SMARTS) is 1. The average Bonchev–Trinajstić information content (AvgIpc) is 2.40. The summed E-state index contributed by atoms with van der Waals surface area (Å²) < 4.78 is 5.81. The largest absolute Gasteiger partial charge is 0.481 e. The Labute approximate surface area is 123 Å². The number of carbonyl (C=O) groups is 2. The fourth-order valence-electron chi connectivity index (χ4n) is 2.04. The van der Waals surface area contributed by atoms with Crippen LogP contribution in [0.15, 0.2) is 42.5 Å². The number of ketones is 1. The summed E-state index contributed by atoms with van der Waals surface area (Å²) in [6, 6.07) is 12.6. The quantitative estimate of drug-likeness (QED) is 0.671. The topological polar surface area (TPSA) is 63.6 Å². The molecule has 0 aliphatic heterocycles. The molecule has 4 heteroatoms. The Kier molecular flexibility index (Phi) is 4.38. The zero-order valence-electron chi connectivity index (χ0n) is 11.9. The van der Waals surface area contributed by atoms with Crippen molar-refractivity contribution in [3.8, 4) is 11.5 Å². The highest BCUT2D eigenvalue weighted by Gasteiger charge is 2.17. The van der Waals surface area contributed by atoms with Crippen LogP contribution < -0.4 is 4.74 Å². The van der Waals surface area contributed by atoms with Gasteiger partial charge in [-0.25, -0.2) is 0 Å². The molecular formula is C17H16O4. The molecule has 0 spiro atoms. The Bertz CT molecular complexity index is 689. The fraction of sp³-hybridized carbons (Fsp3) is 0.176. The number of carboxylic acids is 1. The maximum Gasteiger partial charge on any atom is 0.311 e. The summed E-state index contributed by atoms with van der Waals surface area (Å²) >= 11 is 0. The first-order chi connectivity index (χ1) is 9.97. The molecule has 0 heterocycles. The summed E-state index contributed by atoms with van der Waals surface area (Å²) in [5.41, 5.74) is 2.12. The van der Waals surface area contributed by atoms with Crippen molar-refractivity contribution in [1.82, 2.24) is 0 Å². The second-order valence-corrected chi connectivity index (χ2v) is 4.86. The summed E-state index contributed by atoms with van der Waals surface area (Å²) in [4.78, 5) is 22.7. The maximum atomic E-state index is 12.0. The highest BCUT2D eigenvalue weighted by molar-refractivity contribution is 6.07. The molecule has 0 saturated heterocycles. The van der Waals surface area contributed by atoms with Crippen LogP contribution in [-0.2, 0) is 4.79 Å². The Hall–Kier alpha value is -2.62. The first kappa shape index (κ1) is 14.8. The van der Waals surface area contributed by atoms with Crippen molar-refractivity contribution >= 4 is 11.8 Å². The van der Waals surface area contributed by atoms with Crippen molar-refractivity contribution in [2.45, 2.75) is 20.3 Å². The van der Waals surface area contributed by atoms with Gasteiger partial charge in [-0.2, -0.15) is 0 Å². The van der Waals surface area contributed by atoms with Crippen molar-refractivity contribution in [3.05, 3.63) is 59.2 Å². The van der Waals surface area contributed by atoms with Crippen LogP contribution in [0, 0.1) is 13.8 Å². The number of carbonyl (C=O) groups excluding carboxylic acids is 1. The number of ether oxygens (including phenoxy) is 1. The van der Waals surface area contributed by atoms with Crippen LogP contribution in [0.3, 0.4) is 0 Å². The molecule has 2 rings (SSSR count). The van der Waals surface area contributed by atoms with Gasteiger partial charge < -0.3 is 9.84 Å². The van der Waals surface area contributed by atoms with Crippen LogP contribution in [-0.4, -0.2) is 16.9 Å². The van der Waals surface area contributed by atoms with E-state index in [0.29, 0.717) is 17.1 Å². The minimum Gasteiger partial charge on any atom is -0.481 e. The molecule has 0 aliphatic rings. The molecular weight excluding hydrogens is 268 g/mol. The van der Waals surface area contributed by atoms with Gasteiger partial charge in [0, 0.05) is 0 Å². The van der Waals surface area contributed by atoms with Crippen molar-refractivity contribution < 1.29 is 19.4 Å². The molecule has 0 aromatic heterocycles. The van der Waals surface area contributed by atoms with E-state index < -0.39 is 18.2 Å². The molecule has 108 valence electrons. The van der Waals surface area contributed by atoms with E-state index in [1.807, 2.05) is 38.1 Å². The Morgan fingerprint density at radius 1 is 1.10 bits per heavy atom. The number of aliphatic carboxylic acids is 1. The lowest BCUT2D eigenvalue weighted by Gasteiger charge is -2.13. The van der Waals surface area contributed by atoms with Crippen LogP contribution >= 0.6 is 0 Å². The number of benzene rings is 2. The molecule has 0 bridgehead atoms. The van der Waals surface area contributed by atoms with Gasteiger partial charge in [-0.15, -0.1) is 0 Å². The molecule has 21 heavy (non-hydrogen) atoms. The number of para-hydroxylation sites is 1. The van der Waals surface area contributed by atoms with E-state index in [2.05, 4.69) is 0 Å². The highest BCUT2D eigenvalue weighted by atomic mass is 16.5. The molecule has 0 aliphatic carbocycles. The minimum atomic E-state index is -1.15. The lowest BCUT2D eigenvalue weighted by Crippen LogP contribution is -2.09. The van der Waals surface area contributed by atoms with E-state index in [4.69, 9.17) is 9.84 Å². The molecule has 0 fully saturated rings. The monoisotopic (exact) mass is 284 g/mol. The third-order valence-corrected chi connectivity index (χ3v) is 3.03. The fourth-order valence-corrected chi connectivity index (χ4v) is 2.04. The number of hydrogen-bond donors (Lipinski definition) is 1. The summed E-state index contributed by atoms with van der Waals surface area (Å²) in [5, 5.41) is 8.77. The normalized spacial score (nSPS) is 10.2. The van der Waals surface area contributed by atoms with Crippen molar-refractivity contribution in [2.24, 2.45) is 0 Å². The zero-order valence-corrected chi connectivity index (χ0v) is 11.9. The Morgan fingerprint density at radius 3 is 2.48 bits per heavy atom. The molecule has 0 saturated carbocycles. The van der Waals surface area contributed by atoms with E-state index in [0.717, 1.165) is 11.1 Å². The predicted molar refractivity (Wildman–Crippen MR) is 79.0 cm³/mol. The maximum absolute atomic E-state index is 12.0. The first-order valence-corrected chi connectivity index (χ1v) is 6.56. The van der Waals surface area contributed by atoms with Gasteiger partial charge in [-0.3, -0.25) is 9.59 Å². The predicted octanol–water partition coefficient (Wildman–Crippen LogP) is 3.75. The van der Waals surface area contributed by atoms with Gasteiger partial charge in [0.05, 0.1) is 5.56 Å². The Morgan fingerprint density at radius 2 is 1.81 bits per heavy atom. The summed E-state index contributed by atoms with van der Waals surface area (Å²) in [6.07, 6.45) is -0.548. The van der Waals surface area contributed by atoms with Crippen LogP contribution in [0.5, 0.6) is 11.5 Å². The van der Waals surface area contributed by atoms with Crippen molar-refractivity contribution in [1.29, 1.82) is 0 Å². The van der Waals surface area contributed by atoms with E-state index in [-0.39, 0.29) is 0 Å². The lowest BCUT2D eigenvalue weighted by atomic mass is 10.0. The van der Waals surface area contributed by atoms with Gasteiger partial charge in [0.2, 0.25) is 0 Å². The molecule has 1 N–H and O–H groups in total. The molecule has 2 aromatic rings. The number of rotatable bonds is 5. The molecule has 0 amide bonds. The third kappa shape index (κ3) is 3.69. The standard InChI is InChI=1S/C17H16O4/c1-11-5-3-7-13(9-11)21-17-12(2)6-4-8-14(17)15(18)10-16(19)20/h3-9H,10H2,1-2H3,(H,19,20). The molecule has 4 nitrogen and oxygen atoms in total. The van der Waals surface area contributed by atoms with Gasteiger partial charge in [0.25, 0.3) is 0 Å². The van der Waals surface area contributed by atoms with Crippen molar-refractivity contribution in [2.75, 3.05) is 0 Å². The van der Waals surface area contributed by atoms with Crippen LogP contribution in [0.2, 0.25) is 0 Å². The summed E-state index contributed by atoms with van der Waals surface area (Å²) in [5.74, 6) is -0.583. The van der Waals surface area contributed by atoms with Gasteiger partial charge in [0.1, 0.15) is 17.9 Å². The van der Waals surface area contributed by atoms with E-state index in [1.54, 1.807) is 18.2 Å². The number of hydrogen-bond acceptors (Lipinski definition) is 3. The second kappa shape index (κ2) is 6.22. The van der Waals surface area contributed by atoms with Crippen molar-refractivity contribution in [3.63, 3.8) is 0 Å². The van der Waals surface area contributed by atoms with E-state index in [9.17, 15) is 9.59 Å². The average molecular weight is 284 g/mol.